The van der Waals surface area contributed by atoms with Crippen LogP contribution in [0.25, 0.3) is 0 Å². The third-order valence-corrected chi connectivity index (χ3v) is 6.25. The molecule has 2 atom stereocenters. The number of esters is 1. The highest BCUT2D eigenvalue weighted by molar-refractivity contribution is 8.00. The van der Waals surface area contributed by atoms with Gasteiger partial charge in [0.1, 0.15) is 11.6 Å². The molecule has 0 rings (SSSR count). The van der Waals surface area contributed by atoms with E-state index in [-0.39, 0.29) is 18.2 Å². The lowest BCUT2D eigenvalue weighted by atomic mass is 9.74. The standard InChI is InChI=1S/C22H40N2O4S/c1-14(2)12-13-22(15(3)4,19(27)28-20(5,6)7)18(26)24-16(17(25)23-10)21(8,9)29-11/h14,16H,3,12-13H2,1-2,4-11H3,(H,23,25)(H,24,26)/t16-,22-/m0/s1. The second kappa shape index (κ2) is 10.5. The minimum absolute atomic E-state index is 0.265. The van der Waals surface area contributed by atoms with Crippen LogP contribution in [-0.2, 0) is 19.1 Å². The maximum Gasteiger partial charge on any atom is 0.326 e. The van der Waals surface area contributed by atoms with Crippen molar-refractivity contribution in [2.75, 3.05) is 13.3 Å². The van der Waals surface area contributed by atoms with Crippen LogP contribution in [0.4, 0.5) is 0 Å². The average Bonchev–Trinajstić information content (AvgIpc) is 2.57. The summed E-state index contributed by atoms with van der Waals surface area (Å²) in [6, 6.07) is -0.824. The number of nitrogens with one attached hydrogen (secondary N) is 2. The van der Waals surface area contributed by atoms with Crippen LogP contribution in [0, 0.1) is 11.3 Å². The lowest BCUT2D eigenvalue weighted by molar-refractivity contribution is -0.169. The van der Waals surface area contributed by atoms with Gasteiger partial charge in [0.05, 0.1) is 0 Å². The first-order valence-electron chi connectivity index (χ1n) is 10.0. The minimum Gasteiger partial charge on any atom is -0.459 e. The topological polar surface area (TPSA) is 84.5 Å². The van der Waals surface area contributed by atoms with Crippen molar-refractivity contribution in [3.8, 4) is 0 Å². The highest BCUT2D eigenvalue weighted by Gasteiger charge is 2.51. The van der Waals surface area contributed by atoms with Gasteiger partial charge < -0.3 is 15.4 Å². The zero-order valence-electron chi connectivity index (χ0n) is 19.8. The maximum atomic E-state index is 13.6. The Balaban J connectivity index is 6.27. The predicted octanol–water partition coefficient (Wildman–Crippen LogP) is 3.70. The summed E-state index contributed by atoms with van der Waals surface area (Å²) in [6.07, 6.45) is 2.78. The Morgan fingerprint density at radius 2 is 1.62 bits per heavy atom. The quantitative estimate of drug-likeness (QED) is 0.315. The van der Waals surface area contributed by atoms with Gasteiger partial charge in [-0.2, -0.15) is 11.8 Å². The molecular weight excluding hydrogens is 388 g/mol. The Kier molecular flexibility index (Phi) is 9.96. The number of thioether (sulfide) groups is 1. The summed E-state index contributed by atoms with van der Waals surface area (Å²) in [6.45, 7) is 18.7. The van der Waals surface area contributed by atoms with E-state index in [4.69, 9.17) is 4.74 Å². The Morgan fingerprint density at radius 3 is 1.97 bits per heavy atom. The van der Waals surface area contributed by atoms with Gasteiger partial charge in [-0.3, -0.25) is 14.4 Å². The first-order chi connectivity index (χ1) is 13.0. The third-order valence-electron chi connectivity index (χ3n) is 4.97. The summed E-state index contributed by atoms with van der Waals surface area (Å²) in [5, 5.41) is 5.44. The molecule has 0 aromatic rings. The number of carbonyl (C=O) groups is 3. The highest BCUT2D eigenvalue weighted by Crippen LogP contribution is 2.37. The first-order valence-corrected chi connectivity index (χ1v) is 11.2. The molecule has 0 saturated heterocycles. The Labute approximate surface area is 181 Å². The van der Waals surface area contributed by atoms with Gasteiger partial charge in [0.15, 0.2) is 5.41 Å². The summed E-state index contributed by atoms with van der Waals surface area (Å²) in [5.74, 6) is -1.22. The molecule has 0 aromatic heterocycles. The number of carbonyl (C=O) groups excluding carboxylic acids is 3. The minimum atomic E-state index is -1.56. The monoisotopic (exact) mass is 428 g/mol. The van der Waals surface area contributed by atoms with E-state index in [0.29, 0.717) is 12.0 Å². The molecule has 0 heterocycles. The van der Waals surface area contributed by atoms with Crippen molar-refractivity contribution in [1.29, 1.82) is 0 Å². The molecule has 0 radical (unpaired) electrons. The number of hydrogen-bond acceptors (Lipinski definition) is 5. The molecular formula is C22H40N2O4S. The molecule has 0 aliphatic carbocycles. The van der Waals surface area contributed by atoms with Crippen LogP contribution in [0.15, 0.2) is 12.2 Å². The number of ether oxygens (including phenoxy) is 1. The van der Waals surface area contributed by atoms with Crippen molar-refractivity contribution in [3.05, 3.63) is 12.2 Å². The zero-order chi connectivity index (χ0) is 23.2. The Hall–Kier alpha value is -1.50. The number of amides is 2. The molecule has 7 heteroatoms. The predicted molar refractivity (Wildman–Crippen MR) is 121 cm³/mol. The second-order valence-electron chi connectivity index (χ2n) is 9.45. The van der Waals surface area contributed by atoms with Crippen LogP contribution in [0.1, 0.15) is 68.2 Å². The fourth-order valence-electron chi connectivity index (χ4n) is 2.83. The van der Waals surface area contributed by atoms with E-state index < -0.39 is 33.7 Å². The van der Waals surface area contributed by atoms with Crippen molar-refractivity contribution < 1.29 is 19.1 Å². The lowest BCUT2D eigenvalue weighted by Crippen LogP contribution is -2.60. The van der Waals surface area contributed by atoms with Gasteiger partial charge in [0, 0.05) is 11.8 Å². The third kappa shape index (κ3) is 7.36. The van der Waals surface area contributed by atoms with Gasteiger partial charge >= 0.3 is 5.97 Å². The molecule has 0 saturated carbocycles. The van der Waals surface area contributed by atoms with E-state index in [2.05, 4.69) is 17.2 Å². The van der Waals surface area contributed by atoms with Gasteiger partial charge in [-0.1, -0.05) is 26.0 Å². The van der Waals surface area contributed by atoms with E-state index in [1.54, 1.807) is 27.7 Å². The lowest BCUT2D eigenvalue weighted by Gasteiger charge is -2.38. The van der Waals surface area contributed by atoms with Gasteiger partial charge in [-0.15, -0.1) is 0 Å². The van der Waals surface area contributed by atoms with Gasteiger partial charge in [-0.05, 0) is 66.6 Å². The van der Waals surface area contributed by atoms with E-state index >= 15 is 0 Å². The number of rotatable bonds is 10. The van der Waals surface area contributed by atoms with E-state index in [1.807, 2.05) is 34.0 Å². The number of hydrogen-bond donors (Lipinski definition) is 2. The summed E-state index contributed by atoms with van der Waals surface area (Å²) < 4.78 is 5.05. The van der Waals surface area contributed by atoms with Crippen LogP contribution in [0.2, 0.25) is 0 Å². The SMILES string of the molecule is C=C(C)[C@@](CCC(C)C)(C(=O)N[C@@H](C(=O)NC)C(C)(C)SC)C(=O)OC(C)(C)C. The molecule has 0 aliphatic rings. The second-order valence-corrected chi connectivity index (χ2v) is 10.9. The van der Waals surface area contributed by atoms with Crippen molar-refractivity contribution in [3.63, 3.8) is 0 Å². The van der Waals surface area contributed by atoms with Crippen molar-refractivity contribution >= 4 is 29.5 Å². The summed E-state index contributed by atoms with van der Waals surface area (Å²) in [5.41, 5.74) is -1.91. The van der Waals surface area contributed by atoms with Crippen molar-refractivity contribution in [2.45, 2.75) is 84.6 Å². The van der Waals surface area contributed by atoms with Crippen LogP contribution in [0.5, 0.6) is 0 Å². The molecule has 2 N–H and O–H groups in total. The fraction of sp³-hybridized carbons (Fsp3) is 0.773. The Bertz CT molecular complexity index is 623. The molecule has 0 aromatic carbocycles. The van der Waals surface area contributed by atoms with Crippen LogP contribution in [-0.4, -0.2) is 47.5 Å². The largest absolute Gasteiger partial charge is 0.459 e. The molecule has 0 unspecified atom stereocenters. The molecule has 0 spiro atoms. The van der Waals surface area contributed by atoms with Crippen LogP contribution in [0.3, 0.4) is 0 Å². The maximum absolute atomic E-state index is 13.6. The van der Waals surface area contributed by atoms with Crippen molar-refractivity contribution in [1.82, 2.24) is 10.6 Å². The van der Waals surface area contributed by atoms with Crippen LogP contribution < -0.4 is 10.6 Å². The normalized spacial score (nSPS) is 15.3. The van der Waals surface area contributed by atoms with Gasteiger partial charge in [0.2, 0.25) is 11.8 Å². The summed E-state index contributed by atoms with van der Waals surface area (Å²) in [7, 11) is 1.52. The van der Waals surface area contributed by atoms with Crippen LogP contribution >= 0.6 is 11.8 Å². The van der Waals surface area contributed by atoms with Gasteiger partial charge in [0.25, 0.3) is 0 Å². The van der Waals surface area contributed by atoms with Gasteiger partial charge in [-0.25, -0.2) is 0 Å². The van der Waals surface area contributed by atoms with E-state index in [9.17, 15) is 14.4 Å². The van der Waals surface area contributed by atoms with E-state index in [1.165, 1.54) is 18.8 Å². The summed E-state index contributed by atoms with van der Waals surface area (Å²) in [4.78, 5) is 39.4. The molecule has 168 valence electrons. The summed E-state index contributed by atoms with van der Waals surface area (Å²) >= 11 is 1.46. The Morgan fingerprint density at radius 1 is 1.10 bits per heavy atom. The fourth-order valence-corrected chi connectivity index (χ4v) is 3.23. The smallest absolute Gasteiger partial charge is 0.326 e. The number of likely N-dealkylation sites (N-methyl/N-ethyl adjacent to an activating group) is 1. The first kappa shape index (κ1) is 27.5. The highest BCUT2D eigenvalue weighted by atomic mass is 32.2. The van der Waals surface area contributed by atoms with Crippen molar-refractivity contribution in [2.24, 2.45) is 11.3 Å². The molecule has 6 nitrogen and oxygen atoms in total. The molecule has 29 heavy (non-hydrogen) atoms. The molecule has 0 fully saturated rings. The molecule has 2 amide bonds. The average molecular weight is 429 g/mol. The molecule has 0 aliphatic heterocycles. The van der Waals surface area contributed by atoms with E-state index in [0.717, 1.165) is 0 Å². The molecule has 0 bridgehead atoms. The zero-order valence-corrected chi connectivity index (χ0v) is 20.6.